The minimum Gasteiger partial charge on any atom is -0.489 e. The van der Waals surface area contributed by atoms with Gasteiger partial charge < -0.3 is 14.0 Å². The van der Waals surface area contributed by atoms with E-state index in [0.717, 1.165) is 46.6 Å². The number of Topliss-reactive ketones (excluding diaryl/α,β-unsaturated/α-hetero) is 1. The Labute approximate surface area is 239 Å². The Bertz CT molecular complexity index is 1650. The maximum absolute atomic E-state index is 12.0. The molecule has 1 aliphatic rings. The highest BCUT2D eigenvalue weighted by molar-refractivity contribution is 6.31. The van der Waals surface area contributed by atoms with Gasteiger partial charge in [0.1, 0.15) is 29.7 Å². The van der Waals surface area contributed by atoms with Crippen LogP contribution in [0, 0.1) is 0 Å². The van der Waals surface area contributed by atoms with Crippen LogP contribution in [0.15, 0.2) is 91.0 Å². The third-order valence-electron chi connectivity index (χ3n) is 7.54. The van der Waals surface area contributed by atoms with E-state index in [0.29, 0.717) is 34.7 Å². The Kier molecular flexibility index (Phi) is 7.56. The summed E-state index contributed by atoms with van der Waals surface area (Å²) in [6, 6.07) is 29.6. The number of ether oxygens (including phenoxy) is 2. The van der Waals surface area contributed by atoms with Crippen molar-refractivity contribution in [2.24, 2.45) is 0 Å². The molecule has 0 saturated heterocycles. The number of hydrogen-bond acceptors (Lipinski definition) is 4. The van der Waals surface area contributed by atoms with Crippen molar-refractivity contribution < 1.29 is 14.3 Å². The second-order valence-corrected chi connectivity index (χ2v) is 10.7. The third kappa shape index (κ3) is 5.61. The minimum atomic E-state index is 0.0514. The Hall–Kier alpha value is -4.09. The molecule has 0 radical (unpaired) electrons. The van der Waals surface area contributed by atoms with Crippen LogP contribution >= 0.6 is 11.6 Å². The van der Waals surface area contributed by atoms with Gasteiger partial charge in [-0.15, -0.1) is 0 Å². The molecule has 202 valence electrons. The molecular formula is C34H31ClN2O3. The van der Waals surface area contributed by atoms with Crippen LogP contribution in [0.25, 0.3) is 22.4 Å². The fraction of sp³-hybridized carbons (Fsp3) is 0.235. The summed E-state index contributed by atoms with van der Waals surface area (Å²) in [7, 11) is 0. The lowest BCUT2D eigenvalue weighted by atomic mass is 9.94. The molecule has 6 heteroatoms. The van der Waals surface area contributed by atoms with E-state index in [1.54, 1.807) is 6.92 Å². The van der Waals surface area contributed by atoms with Gasteiger partial charge in [0.15, 0.2) is 5.78 Å². The summed E-state index contributed by atoms with van der Waals surface area (Å²) in [4.78, 5) is 17.0. The lowest BCUT2D eigenvalue weighted by Gasteiger charge is -2.25. The van der Waals surface area contributed by atoms with E-state index in [1.165, 1.54) is 19.3 Å². The lowest BCUT2D eigenvalue weighted by Crippen LogP contribution is -2.14. The summed E-state index contributed by atoms with van der Waals surface area (Å²) in [5.41, 5.74) is 4.59. The van der Waals surface area contributed by atoms with Crippen molar-refractivity contribution >= 4 is 28.4 Å². The largest absolute Gasteiger partial charge is 0.489 e. The van der Waals surface area contributed by atoms with Crippen molar-refractivity contribution in [3.8, 4) is 28.6 Å². The average molecular weight is 551 g/mol. The first-order valence-electron chi connectivity index (χ1n) is 13.8. The van der Waals surface area contributed by atoms with Crippen LogP contribution in [-0.2, 0) is 6.61 Å². The van der Waals surface area contributed by atoms with Crippen molar-refractivity contribution in [1.29, 1.82) is 0 Å². The fourth-order valence-corrected chi connectivity index (χ4v) is 5.63. The van der Waals surface area contributed by atoms with Gasteiger partial charge in [0.2, 0.25) is 0 Å². The SMILES string of the molecule is CC(=O)c1ccc2c(c1)nc(-c1ccc(Oc3cccc(OCc4ccccc4Cl)c3)cc1)n2C1CCCCC1. The highest BCUT2D eigenvalue weighted by Gasteiger charge is 2.23. The first kappa shape index (κ1) is 26.1. The predicted octanol–water partition coefficient (Wildman–Crippen LogP) is 9.44. The maximum atomic E-state index is 12.0. The normalized spacial score (nSPS) is 13.8. The van der Waals surface area contributed by atoms with Gasteiger partial charge >= 0.3 is 0 Å². The van der Waals surface area contributed by atoms with Crippen molar-refractivity contribution in [3.05, 3.63) is 107 Å². The molecule has 1 fully saturated rings. The summed E-state index contributed by atoms with van der Waals surface area (Å²) in [5.74, 6) is 3.11. The summed E-state index contributed by atoms with van der Waals surface area (Å²) < 4.78 is 14.5. The van der Waals surface area contributed by atoms with E-state index < -0.39 is 0 Å². The number of nitrogens with zero attached hydrogens (tertiary/aromatic N) is 2. The molecule has 40 heavy (non-hydrogen) atoms. The van der Waals surface area contributed by atoms with Gasteiger partial charge in [0, 0.05) is 33.8 Å². The highest BCUT2D eigenvalue weighted by atomic mass is 35.5. The van der Waals surface area contributed by atoms with Crippen LogP contribution in [0.5, 0.6) is 17.2 Å². The van der Waals surface area contributed by atoms with Gasteiger partial charge in [0.25, 0.3) is 0 Å². The zero-order valence-corrected chi connectivity index (χ0v) is 23.2. The summed E-state index contributed by atoms with van der Waals surface area (Å²) in [5, 5.41) is 0.686. The van der Waals surface area contributed by atoms with E-state index in [2.05, 4.69) is 22.8 Å². The summed E-state index contributed by atoms with van der Waals surface area (Å²) >= 11 is 6.26. The van der Waals surface area contributed by atoms with Crippen LogP contribution in [-0.4, -0.2) is 15.3 Å². The number of hydrogen-bond donors (Lipinski definition) is 0. The molecule has 0 atom stereocenters. The second-order valence-electron chi connectivity index (χ2n) is 10.3. The van der Waals surface area contributed by atoms with Crippen molar-refractivity contribution in [2.45, 2.75) is 51.7 Å². The number of fused-ring (bicyclic) bond motifs is 1. The second kappa shape index (κ2) is 11.6. The number of imidazole rings is 1. The zero-order valence-electron chi connectivity index (χ0n) is 22.5. The molecule has 0 unspecified atom stereocenters. The molecule has 1 heterocycles. The number of carbonyl (C=O) groups is 1. The molecule has 1 aliphatic carbocycles. The Morgan fingerprint density at radius 1 is 0.875 bits per heavy atom. The van der Waals surface area contributed by atoms with E-state index in [1.807, 2.05) is 72.8 Å². The number of rotatable bonds is 8. The van der Waals surface area contributed by atoms with E-state index in [9.17, 15) is 4.79 Å². The van der Waals surface area contributed by atoms with Crippen molar-refractivity contribution in [2.75, 3.05) is 0 Å². The molecule has 5 aromatic rings. The van der Waals surface area contributed by atoms with Gasteiger partial charge in [-0.2, -0.15) is 0 Å². The Balaban J connectivity index is 1.24. The zero-order chi connectivity index (χ0) is 27.5. The number of ketones is 1. The molecule has 0 aliphatic heterocycles. The Morgan fingerprint density at radius 2 is 1.65 bits per heavy atom. The molecule has 0 spiro atoms. The number of aromatic nitrogens is 2. The molecular weight excluding hydrogens is 520 g/mol. The molecule has 6 rings (SSSR count). The highest BCUT2D eigenvalue weighted by Crippen LogP contribution is 2.37. The van der Waals surface area contributed by atoms with Gasteiger partial charge in [-0.3, -0.25) is 4.79 Å². The Morgan fingerprint density at radius 3 is 2.42 bits per heavy atom. The molecule has 5 nitrogen and oxygen atoms in total. The van der Waals surface area contributed by atoms with Crippen molar-refractivity contribution in [3.63, 3.8) is 0 Å². The quantitative estimate of drug-likeness (QED) is 0.180. The lowest BCUT2D eigenvalue weighted by molar-refractivity contribution is 0.101. The number of benzene rings is 4. The van der Waals surface area contributed by atoms with Crippen LogP contribution in [0.1, 0.15) is 61.0 Å². The first-order chi connectivity index (χ1) is 19.5. The molecule has 0 amide bonds. The standard InChI is InChI=1S/C34H31ClN2O3/c1-23(38)25-16-19-33-32(20-25)36-34(37(33)27-9-3-2-4-10-27)24-14-17-28(18-15-24)40-30-12-7-11-29(21-30)39-22-26-8-5-6-13-31(26)35/h5-8,11-21,27H,2-4,9-10,22H2,1H3. The topological polar surface area (TPSA) is 53.4 Å². The van der Waals surface area contributed by atoms with Gasteiger partial charge in [0.05, 0.1) is 11.0 Å². The smallest absolute Gasteiger partial charge is 0.159 e. The van der Waals surface area contributed by atoms with Gasteiger partial charge in [-0.05, 0) is 80.4 Å². The number of carbonyl (C=O) groups excluding carboxylic acids is 1. The van der Waals surface area contributed by atoms with Crippen LogP contribution in [0.2, 0.25) is 5.02 Å². The molecule has 1 aromatic heterocycles. The third-order valence-corrected chi connectivity index (χ3v) is 7.91. The van der Waals surface area contributed by atoms with E-state index >= 15 is 0 Å². The predicted molar refractivity (Wildman–Crippen MR) is 160 cm³/mol. The number of halogens is 1. The minimum absolute atomic E-state index is 0.0514. The van der Waals surface area contributed by atoms with Gasteiger partial charge in [-0.25, -0.2) is 4.98 Å². The monoisotopic (exact) mass is 550 g/mol. The maximum Gasteiger partial charge on any atom is 0.159 e. The molecule has 0 bridgehead atoms. The van der Waals surface area contributed by atoms with Crippen LogP contribution in [0.3, 0.4) is 0 Å². The van der Waals surface area contributed by atoms with Gasteiger partial charge in [-0.1, -0.05) is 55.1 Å². The average Bonchev–Trinajstić information content (AvgIpc) is 3.37. The van der Waals surface area contributed by atoms with E-state index in [4.69, 9.17) is 26.1 Å². The van der Waals surface area contributed by atoms with Crippen LogP contribution in [0.4, 0.5) is 0 Å². The van der Waals surface area contributed by atoms with Crippen molar-refractivity contribution in [1.82, 2.24) is 9.55 Å². The summed E-state index contributed by atoms with van der Waals surface area (Å²) in [6.45, 7) is 1.98. The molecule has 0 N–H and O–H groups in total. The van der Waals surface area contributed by atoms with E-state index in [-0.39, 0.29) is 5.78 Å². The molecule has 4 aromatic carbocycles. The first-order valence-corrected chi connectivity index (χ1v) is 14.2. The molecule has 1 saturated carbocycles. The van der Waals surface area contributed by atoms with Crippen LogP contribution < -0.4 is 9.47 Å². The fourth-order valence-electron chi connectivity index (χ4n) is 5.44. The summed E-state index contributed by atoms with van der Waals surface area (Å²) in [6.07, 6.45) is 6.02.